The van der Waals surface area contributed by atoms with Gasteiger partial charge in [-0.25, -0.2) is 9.78 Å². The maximum atomic E-state index is 12.8. The van der Waals surface area contributed by atoms with E-state index in [-0.39, 0.29) is 11.6 Å². The molecule has 0 aliphatic carbocycles. The maximum Gasteiger partial charge on any atom is 0.357 e. The number of amides is 1. The Balaban J connectivity index is 2.12. The lowest BCUT2D eigenvalue weighted by Gasteiger charge is -2.21. The number of thiazole rings is 1. The van der Waals surface area contributed by atoms with Gasteiger partial charge in [-0.3, -0.25) is 4.79 Å². The number of nitrogens with zero attached hydrogens (tertiary/aromatic N) is 2. The Kier molecular flexibility index (Phi) is 6.93. The summed E-state index contributed by atoms with van der Waals surface area (Å²) >= 11 is 1.37. The van der Waals surface area contributed by atoms with Gasteiger partial charge in [0, 0.05) is 17.5 Å². The molecule has 0 aliphatic heterocycles. The van der Waals surface area contributed by atoms with Crippen LogP contribution in [0.15, 0.2) is 35.7 Å². The van der Waals surface area contributed by atoms with Crippen LogP contribution in [0.1, 0.15) is 52.0 Å². The quantitative estimate of drug-likeness (QED) is 0.539. The van der Waals surface area contributed by atoms with E-state index in [1.54, 1.807) is 10.3 Å². The minimum absolute atomic E-state index is 0.0125. The lowest BCUT2D eigenvalue weighted by atomic mass is 10.2. The fourth-order valence-corrected chi connectivity index (χ4v) is 3.09. The second-order valence-corrected chi connectivity index (χ2v) is 6.36. The van der Waals surface area contributed by atoms with Gasteiger partial charge in [0.05, 0.1) is 13.7 Å². The van der Waals surface area contributed by atoms with E-state index in [1.165, 1.54) is 18.4 Å². The summed E-state index contributed by atoms with van der Waals surface area (Å²) in [6.45, 7) is 3.21. The van der Waals surface area contributed by atoms with Crippen LogP contribution in [0.5, 0.6) is 0 Å². The highest BCUT2D eigenvalue weighted by Crippen LogP contribution is 2.16. The first-order valence-corrected chi connectivity index (χ1v) is 8.90. The Morgan fingerprint density at radius 3 is 2.62 bits per heavy atom. The first-order valence-electron chi connectivity index (χ1n) is 8.02. The molecule has 5 nitrogen and oxygen atoms in total. The minimum Gasteiger partial charge on any atom is -0.464 e. The number of esters is 1. The third kappa shape index (κ3) is 4.89. The number of unbranched alkanes of at least 4 members (excludes halogenated alkanes) is 2. The highest BCUT2D eigenvalue weighted by molar-refractivity contribution is 7.09. The number of carbonyl (C=O) groups excluding carboxylic acids is 2. The van der Waals surface area contributed by atoms with Crippen LogP contribution in [0.3, 0.4) is 0 Å². The molecule has 0 radical (unpaired) electrons. The van der Waals surface area contributed by atoms with E-state index in [1.807, 2.05) is 30.3 Å². The first-order chi connectivity index (χ1) is 11.7. The molecule has 0 saturated heterocycles. The molecule has 1 amide bonds. The standard InChI is InChI=1S/C18H22N2O3S/c1-3-4-8-11-20(17(21)14-9-6-5-7-10-14)12-16-19-15(13-24-16)18(22)23-2/h5-7,9-10,13H,3-4,8,11-12H2,1-2H3. The summed E-state index contributed by atoms with van der Waals surface area (Å²) in [5.41, 5.74) is 0.955. The molecule has 0 saturated carbocycles. The van der Waals surface area contributed by atoms with Crippen LogP contribution in [0.25, 0.3) is 0 Å². The van der Waals surface area contributed by atoms with Gasteiger partial charge < -0.3 is 9.64 Å². The molecule has 0 unspecified atom stereocenters. The SMILES string of the molecule is CCCCCN(Cc1nc(C(=O)OC)cs1)C(=O)c1ccccc1. The molecule has 2 aromatic rings. The molecule has 0 N–H and O–H groups in total. The van der Waals surface area contributed by atoms with Crippen molar-refractivity contribution in [3.8, 4) is 0 Å². The van der Waals surface area contributed by atoms with Gasteiger partial charge in [-0.05, 0) is 18.6 Å². The van der Waals surface area contributed by atoms with Crippen molar-refractivity contribution in [2.45, 2.75) is 32.7 Å². The first kappa shape index (κ1) is 18.1. The number of methoxy groups -OCH3 is 1. The van der Waals surface area contributed by atoms with Gasteiger partial charge in [0.25, 0.3) is 5.91 Å². The van der Waals surface area contributed by atoms with E-state index in [0.29, 0.717) is 18.7 Å². The van der Waals surface area contributed by atoms with Gasteiger partial charge in [-0.2, -0.15) is 0 Å². The van der Waals surface area contributed by atoms with E-state index in [4.69, 9.17) is 0 Å². The minimum atomic E-state index is -0.454. The highest BCUT2D eigenvalue weighted by Gasteiger charge is 2.18. The van der Waals surface area contributed by atoms with Crippen LogP contribution in [0.4, 0.5) is 0 Å². The summed E-state index contributed by atoms with van der Waals surface area (Å²) in [5.74, 6) is -0.467. The predicted octanol–water partition coefficient (Wildman–Crippen LogP) is 3.76. The van der Waals surface area contributed by atoms with Crippen molar-refractivity contribution in [3.63, 3.8) is 0 Å². The van der Waals surface area contributed by atoms with Crippen LogP contribution in [0, 0.1) is 0 Å². The van der Waals surface area contributed by atoms with Crippen molar-refractivity contribution in [2.75, 3.05) is 13.7 Å². The third-order valence-corrected chi connectivity index (χ3v) is 4.45. The Morgan fingerprint density at radius 2 is 1.96 bits per heavy atom. The molecule has 1 heterocycles. The molecule has 128 valence electrons. The van der Waals surface area contributed by atoms with Crippen LogP contribution in [0.2, 0.25) is 0 Å². The summed E-state index contributed by atoms with van der Waals surface area (Å²) in [6.07, 6.45) is 3.12. The number of hydrogen-bond acceptors (Lipinski definition) is 5. The summed E-state index contributed by atoms with van der Waals surface area (Å²) in [4.78, 5) is 30.3. The van der Waals surface area contributed by atoms with Crippen molar-refractivity contribution in [1.29, 1.82) is 0 Å². The fourth-order valence-electron chi connectivity index (χ4n) is 2.31. The monoisotopic (exact) mass is 346 g/mol. The number of aromatic nitrogens is 1. The Bertz CT molecular complexity index is 670. The largest absolute Gasteiger partial charge is 0.464 e. The van der Waals surface area contributed by atoms with E-state index in [9.17, 15) is 9.59 Å². The van der Waals surface area contributed by atoms with Gasteiger partial charge >= 0.3 is 5.97 Å². The molecule has 1 aromatic carbocycles. The van der Waals surface area contributed by atoms with Crippen molar-refractivity contribution in [2.24, 2.45) is 0 Å². The summed E-state index contributed by atoms with van der Waals surface area (Å²) in [7, 11) is 1.33. The van der Waals surface area contributed by atoms with E-state index >= 15 is 0 Å². The topological polar surface area (TPSA) is 59.5 Å². The van der Waals surface area contributed by atoms with E-state index < -0.39 is 5.97 Å². The highest BCUT2D eigenvalue weighted by atomic mass is 32.1. The molecule has 6 heteroatoms. The molecular formula is C18H22N2O3S. The van der Waals surface area contributed by atoms with Gasteiger partial charge in [0.15, 0.2) is 5.69 Å². The van der Waals surface area contributed by atoms with E-state index in [0.717, 1.165) is 24.3 Å². The van der Waals surface area contributed by atoms with Crippen LogP contribution < -0.4 is 0 Å². The smallest absolute Gasteiger partial charge is 0.357 e. The predicted molar refractivity (Wildman–Crippen MR) is 94.2 cm³/mol. The Labute approximate surface area is 146 Å². The van der Waals surface area contributed by atoms with E-state index in [2.05, 4.69) is 16.6 Å². The maximum absolute atomic E-state index is 12.8. The van der Waals surface area contributed by atoms with Gasteiger partial charge in [0.2, 0.25) is 0 Å². The second-order valence-electron chi connectivity index (χ2n) is 5.42. The van der Waals surface area contributed by atoms with Crippen LogP contribution >= 0.6 is 11.3 Å². The summed E-state index contributed by atoms with van der Waals surface area (Å²) < 4.78 is 4.68. The van der Waals surface area contributed by atoms with Crippen molar-refractivity contribution >= 4 is 23.2 Å². The van der Waals surface area contributed by atoms with Gasteiger partial charge in [0.1, 0.15) is 5.01 Å². The van der Waals surface area contributed by atoms with Gasteiger partial charge in [-0.15, -0.1) is 11.3 Å². The number of ether oxygens (including phenoxy) is 1. The summed E-state index contributed by atoms with van der Waals surface area (Å²) in [6, 6.07) is 9.24. The number of carbonyl (C=O) groups is 2. The van der Waals surface area contributed by atoms with Gasteiger partial charge in [-0.1, -0.05) is 38.0 Å². The zero-order chi connectivity index (χ0) is 17.4. The number of hydrogen-bond donors (Lipinski definition) is 0. The molecule has 24 heavy (non-hydrogen) atoms. The average Bonchev–Trinajstić information content (AvgIpc) is 3.09. The third-order valence-electron chi connectivity index (χ3n) is 3.61. The fraction of sp³-hybridized carbons (Fsp3) is 0.389. The molecule has 2 rings (SSSR count). The Morgan fingerprint density at radius 1 is 1.21 bits per heavy atom. The van der Waals surface area contributed by atoms with Crippen LogP contribution in [-0.4, -0.2) is 35.4 Å². The lowest BCUT2D eigenvalue weighted by Crippen LogP contribution is -2.31. The number of rotatable bonds is 8. The molecule has 0 spiro atoms. The van der Waals surface area contributed by atoms with Crippen molar-refractivity contribution < 1.29 is 14.3 Å². The average molecular weight is 346 g/mol. The van der Waals surface area contributed by atoms with Crippen molar-refractivity contribution in [3.05, 3.63) is 52.0 Å². The molecule has 0 atom stereocenters. The molecule has 1 aromatic heterocycles. The van der Waals surface area contributed by atoms with Crippen molar-refractivity contribution in [1.82, 2.24) is 9.88 Å². The molecule has 0 fully saturated rings. The lowest BCUT2D eigenvalue weighted by molar-refractivity contribution is 0.0594. The zero-order valence-electron chi connectivity index (χ0n) is 14.0. The molecule has 0 aliphatic rings. The molecule has 0 bridgehead atoms. The van der Waals surface area contributed by atoms with Crippen LogP contribution in [-0.2, 0) is 11.3 Å². The second kappa shape index (κ2) is 9.17. The molecular weight excluding hydrogens is 324 g/mol. The normalized spacial score (nSPS) is 10.4. The zero-order valence-corrected chi connectivity index (χ0v) is 14.8. The Hall–Kier alpha value is -2.21. The summed E-state index contributed by atoms with van der Waals surface area (Å²) in [5, 5.41) is 2.40. The number of benzene rings is 1.